The Morgan fingerprint density at radius 3 is 2.47 bits per heavy atom. The van der Waals surface area contributed by atoms with Gasteiger partial charge < -0.3 is 20.9 Å². The van der Waals surface area contributed by atoms with E-state index in [9.17, 15) is 14.9 Å². The van der Waals surface area contributed by atoms with Crippen LogP contribution in [-0.4, -0.2) is 42.1 Å². The summed E-state index contributed by atoms with van der Waals surface area (Å²) in [4.78, 5) is 30.0. The third kappa shape index (κ3) is 5.19. The molecule has 0 saturated heterocycles. The van der Waals surface area contributed by atoms with Crippen molar-refractivity contribution >= 4 is 39.8 Å². The minimum atomic E-state index is -0.446. The van der Waals surface area contributed by atoms with E-state index in [1.165, 1.54) is 6.07 Å². The third-order valence-electron chi connectivity index (χ3n) is 6.34. The average Bonchev–Trinajstić information content (AvgIpc) is 2.81. The molecule has 2 amide bonds. The molecule has 3 N–H and O–H groups in total. The SMILES string of the molecule is Cc1c(NC(=O)NC2CCC(Nc3cc(N(C)C)c4ccccc4n3)CC2)cccc1[N+](=O)[O-]. The zero-order chi connectivity index (χ0) is 24.2. The summed E-state index contributed by atoms with van der Waals surface area (Å²) in [5.41, 5.74) is 2.96. The summed E-state index contributed by atoms with van der Waals surface area (Å²) in [7, 11) is 4.06. The van der Waals surface area contributed by atoms with Crippen LogP contribution in [0.2, 0.25) is 0 Å². The van der Waals surface area contributed by atoms with Crippen molar-refractivity contribution in [3.05, 3.63) is 64.2 Å². The van der Waals surface area contributed by atoms with Crippen LogP contribution in [0.4, 0.5) is 27.7 Å². The molecule has 0 bridgehead atoms. The van der Waals surface area contributed by atoms with Crippen molar-refractivity contribution in [2.45, 2.75) is 44.7 Å². The maximum atomic E-state index is 12.5. The molecule has 9 heteroatoms. The van der Waals surface area contributed by atoms with Gasteiger partial charge in [0.15, 0.2) is 0 Å². The number of hydrogen-bond acceptors (Lipinski definition) is 6. The van der Waals surface area contributed by atoms with Crippen LogP contribution in [-0.2, 0) is 0 Å². The van der Waals surface area contributed by atoms with E-state index in [2.05, 4.69) is 33.0 Å². The first kappa shape index (κ1) is 23.3. The second-order valence-corrected chi connectivity index (χ2v) is 8.94. The van der Waals surface area contributed by atoms with E-state index in [0.29, 0.717) is 11.3 Å². The predicted octanol–water partition coefficient (Wildman–Crippen LogP) is 5.06. The number of amides is 2. The maximum Gasteiger partial charge on any atom is 0.319 e. The minimum absolute atomic E-state index is 0.0101. The highest BCUT2D eigenvalue weighted by Gasteiger charge is 2.24. The number of nitro groups is 1. The summed E-state index contributed by atoms with van der Waals surface area (Å²) in [6.07, 6.45) is 3.50. The first-order valence-corrected chi connectivity index (χ1v) is 11.5. The van der Waals surface area contributed by atoms with Crippen LogP contribution in [0.3, 0.4) is 0 Å². The number of urea groups is 1. The Balaban J connectivity index is 1.33. The van der Waals surface area contributed by atoms with Gasteiger partial charge in [0.05, 0.1) is 21.7 Å². The van der Waals surface area contributed by atoms with E-state index in [1.807, 2.05) is 32.3 Å². The molecule has 1 aliphatic carbocycles. The lowest BCUT2D eigenvalue weighted by molar-refractivity contribution is -0.385. The number of benzene rings is 2. The molecule has 1 aromatic heterocycles. The van der Waals surface area contributed by atoms with Gasteiger partial charge in [-0.25, -0.2) is 9.78 Å². The number of nitro benzene ring substituents is 1. The van der Waals surface area contributed by atoms with Crippen LogP contribution in [0.25, 0.3) is 10.9 Å². The Morgan fingerprint density at radius 1 is 1.06 bits per heavy atom. The Morgan fingerprint density at radius 2 is 1.76 bits per heavy atom. The smallest absolute Gasteiger partial charge is 0.319 e. The van der Waals surface area contributed by atoms with E-state index < -0.39 is 4.92 Å². The van der Waals surface area contributed by atoms with Crippen LogP contribution in [0.15, 0.2) is 48.5 Å². The Hall–Kier alpha value is -3.88. The van der Waals surface area contributed by atoms with Gasteiger partial charge in [-0.1, -0.05) is 24.3 Å². The van der Waals surface area contributed by atoms with Crippen LogP contribution in [0, 0.1) is 17.0 Å². The van der Waals surface area contributed by atoms with Crippen molar-refractivity contribution in [2.75, 3.05) is 29.6 Å². The molecule has 9 nitrogen and oxygen atoms in total. The summed E-state index contributed by atoms with van der Waals surface area (Å²) >= 11 is 0. The molecule has 178 valence electrons. The van der Waals surface area contributed by atoms with E-state index >= 15 is 0 Å². The Labute approximate surface area is 198 Å². The van der Waals surface area contributed by atoms with E-state index in [1.54, 1.807) is 19.1 Å². The van der Waals surface area contributed by atoms with Gasteiger partial charge in [0.1, 0.15) is 5.82 Å². The van der Waals surface area contributed by atoms with Gasteiger partial charge in [-0.05, 0) is 44.7 Å². The second-order valence-electron chi connectivity index (χ2n) is 8.94. The van der Waals surface area contributed by atoms with Gasteiger partial charge in [-0.2, -0.15) is 0 Å². The lowest BCUT2D eigenvalue weighted by Crippen LogP contribution is -2.42. The minimum Gasteiger partial charge on any atom is -0.377 e. The molecule has 0 aliphatic heterocycles. The zero-order valence-corrected chi connectivity index (χ0v) is 19.7. The molecular weight excluding hydrogens is 432 g/mol. The third-order valence-corrected chi connectivity index (χ3v) is 6.34. The van der Waals surface area contributed by atoms with Gasteiger partial charge >= 0.3 is 6.03 Å². The molecule has 34 heavy (non-hydrogen) atoms. The summed E-state index contributed by atoms with van der Waals surface area (Å²) in [5, 5.41) is 21.6. The molecule has 1 saturated carbocycles. The molecule has 1 aliphatic rings. The van der Waals surface area contributed by atoms with E-state index in [-0.39, 0.29) is 23.8 Å². The quantitative estimate of drug-likeness (QED) is 0.349. The summed E-state index contributed by atoms with van der Waals surface area (Å²) < 4.78 is 0. The number of aromatic nitrogens is 1. The summed E-state index contributed by atoms with van der Waals surface area (Å²) in [5.74, 6) is 0.859. The number of nitrogens with one attached hydrogen (secondary N) is 3. The van der Waals surface area contributed by atoms with Crippen molar-refractivity contribution in [1.82, 2.24) is 10.3 Å². The topological polar surface area (TPSA) is 112 Å². The number of nitrogens with zero attached hydrogens (tertiary/aromatic N) is 3. The van der Waals surface area contributed by atoms with Crippen molar-refractivity contribution in [1.29, 1.82) is 0 Å². The van der Waals surface area contributed by atoms with Crippen molar-refractivity contribution in [3.8, 4) is 0 Å². The molecule has 3 aromatic rings. The maximum absolute atomic E-state index is 12.5. The molecule has 4 rings (SSSR count). The van der Waals surface area contributed by atoms with E-state index in [4.69, 9.17) is 4.98 Å². The lowest BCUT2D eigenvalue weighted by atomic mass is 9.91. The summed E-state index contributed by atoms with van der Waals surface area (Å²) in [6, 6.07) is 14.9. The number of pyridine rings is 1. The number of fused-ring (bicyclic) bond motifs is 1. The second kappa shape index (κ2) is 9.94. The molecule has 0 spiro atoms. The Bertz CT molecular complexity index is 1200. The van der Waals surface area contributed by atoms with Crippen LogP contribution in [0.5, 0.6) is 0 Å². The normalized spacial score (nSPS) is 17.7. The molecule has 0 radical (unpaired) electrons. The van der Waals surface area contributed by atoms with Gasteiger partial charge in [0.25, 0.3) is 5.69 Å². The highest BCUT2D eigenvalue weighted by atomic mass is 16.6. The van der Waals surface area contributed by atoms with Crippen molar-refractivity contribution < 1.29 is 9.72 Å². The molecule has 1 fully saturated rings. The zero-order valence-electron chi connectivity index (χ0n) is 19.7. The predicted molar refractivity (Wildman–Crippen MR) is 136 cm³/mol. The fourth-order valence-electron chi connectivity index (χ4n) is 4.49. The van der Waals surface area contributed by atoms with Crippen molar-refractivity contribution in [2.24, 2.45) is 0 Å². The average molecular weight is 463 g/mol. The number of anilines is 3. The molecule has 1 heterocycles. The number of carbonyl (C=O) groups excluding carboxylic acids is 1. The highest BCUT2D eigenvalue weighted by Crippen LogP contribution is 2.29. The first-order chi connectivity index (χ1) is 16.3. The number of rotatable bonds is 6. The highest BCUT2D eigenvalue weighted by molar-refractivity contribution is 5.93. The van der Waals surface area contributed by atoms with Crippen molar-refractivity contribution in [3.63, 3.8) is 0 Å². The fourth-order valence-corrected chi connectivity index (χ4v) is 4.49. The summed E-state index contributed by atoms with van der Waals surface area (Å²) in [6.45, 7) is 1.63. The monoisotopic (exact) mass is 462 g/mol. The number of hydrogen-bond donors (Lipinski definition) is 3. The Kier molecular flexibility index (Phi) is 6.81. The van der Waals surface area contributed by atoms with Gasteiger partial charge in [0.2, 0.25) is 0 Å². The van der Waals surface area contributed by atoms with Crippen LogP contribution < -0.4 is 20.9 Å². The molecule has 0 unspecified atom stereocenters. The van der Waals surface area contributed by atoms with Crippen LogP contribution in [0.1, 0.15) is 31.2 Å². The molecule has 0 atom stereocenters. The van der Waals surface area contributed by atoms with Gasteiger partial charge in [-0.15, -0.1) is 0 Å². The lowest BCUT2D eigenvalue weighted by Gasteiger charge is -2.30. The van der Waals surface area contributed by atoms with Gasteiger partial charge in [0, 0.05) is 49.4 Å². The largest absolute Gasteiger partial charge is 0.377 e. The number of para-hydroxylation sites is 1. The standard InChI is InChI=1S/C25H30N6O3/c1-16-20(9-6-10-22(16)31(33)34)29-25(32)27-18-13-11-17(12-14-18)26-24-15-23(30(2)3)19-7-4-5-8-21(19)28-24/h4-10,15,17-18H,11-14H2,1-3H3,(H,26,28)(H2,27,29,32). The van der Waals surface area contributed by atoms with Crippen LogP contribution >= 0.6 is 0 Å². The first-order valence-electron chi connectivity index (χ1n) is 11.5. The van der Waals surface area contributed by atoms with Gasteiger partial charge in [-0.3, -0.25) is 10.1 Å². The fraction of sp³-hybridized carbons (Fsp3) is 0.360. The molecular formula is C25H30N6O3. The number of carbonyl (C=O) groups is 1. The molecule has 2 aromatic carbocycles. The van der Waals surface area contributed by atoms with E-state index in [0.717, 1.165) is 48.1 Å².